The molecule has 0 aliphatic heterocycles. The van der Waals surface area contributed by atoms with Crippen LogP contribution in [0.4, 0.5) is 11.6 Å². The summed E-state index contributed by atoms with van der Waals surface area (Å²) in [6.45, 7) is 3.91. The Labute approximate surface area is 133 Å². The quantitative estimate of drug-likeness (QED) is 0.725. The van der Waals surface area contributed by atoms with Crippen molar-refractivity contribution in [2.75, 3.05) is 10.9 Å². The van der Waals surface area contributed by atoms with E-state index in [1.54, 1.807) is 0 Å². The van der Waals surface area contributed by atoms with Crippen molar-refractivity contribution in [2.24, 2.45) is 0 Å². The Morgan fingerprint density at radius 2 is 1.61 bits per heavy atom. The lowest BCUT2D eigenvalue weighted by Gasteiger charge is -2.12. The first-order valence-electron chi connectivity index (χ1n) is 7.24. The molecular weight excluding hydrogens is 290 g/mol. The van der Waals surface area contributed by atoms with Crippen LogP contribution in [0.5, 0.6) is 0 Å². The van der Waals surface area contributed by atoms with Crippen LogP contribution < -0.4 is 16.5 Å². The van der Waals surface area contributed by atoms with E-state index in [0.29, 0.717) is 0 Å². The van der Waals surface area contributed by atoms with Crippen LogP contribution >= 0.6 is 0 Å². The Hall–Kier alpha value is -3.15. The van der Waals surface area contributed by atoms with Crippen molar-refractivity contribution in [1.82, 2.24) is 14.5 Å². The van der Waals surface area contributed by atoms with E-state index in [1.807, 2.05) is 62.4 Å². The maximum Gasteiger partial charge on any atom is 0.356 e. The maximum absolute atomic E-state index is 12.3. The number of aromatic nitrogens is 3. The first-order valence-corrected chi connectivity index (χ1v) is 7.24. The second kappa shape index (κ2) is 6.31. The summed E-state index contributed by atoms with van der Waals surface area (Å²) in [6.07, 6.45) is 1.49. The summed E-state index contributed by atoms with van der Waals surface area (Å²) < 4.78 is 1.46. The molecule has 1 aromatic heterocycles. The number of anilines is 2. The van der Waals surface area contributed by atoms with Crippen molar-refractivity contribution in [1.29, 1.82) is 0 Å². The molecule has 0 spiro atoms. The molecule has 0 fully saturated rings. The molecule has 0 bridgehead atoms. The lowest BCUT2D eigenvalue weighted by atomic mass is 10.1. The fraction of sp³-hybridized carbons (Fsp3) is 0.118. The molecule has 6 heteroatoms. The Kier molecular flexibility index (Phi) is 4.05. The summed E-state index contributed by atoms with van der Waals surface area (Å²) in [5.74, 6) is 0.223. The summed E-state index contributed by atoms with van der Waals surface area (Å²) in [6, 6.07) is 15.4. The van der Waals surface area contributed by atoms with E-state index in [0.717, 1.165) is 22.5 Å². The van der Waals surface area contributed by atoms with E-state index in [4.69, 9.17) is 0 Å². The molecule has 2 N–H and O–H groups in total. The number of nitrogens with one attached hydrogen (secondary N) is 2. The average Bonchev–Trinajstić information content (AvgIpc) is 2.55. The van der Waals surface area contributed by atoms with Crippen LogP contribution in [0.3, 0.4) is 0 Å². The van der Waals surface area contributed by atoms with Crippen molar-refractivity contribution in [3.63, 3.8) is 0 Å². The Bertz CT molecular complexity index is 853. The number of nitrogens with zero attached hydrogens (tertiary/aromatic N) is 3. The second-order valence-corrected chi connectivity index (χ2v) is 5.19. The highest BCUT2D eigenvalue weighted by molar-refractivity contribution is 5.48. The smallest absolute Gasteiger partial charge is 0.298 e. The Morgan fingerprint density at radius 3 is 2.26 bits per heavy atom. The highest BCUT2D eigenvalue weighted by Crippen LogP contribution is 2.16. The van der Waals surface area contributed by atoms with Gasteiger partial charge in [0.2, 0.25) is 5.95 Å². The summed E-state index contributed by atoms with van der Waals surface area (Å²) >= 11 is 0. The SMILES string of the molecule is Cc1cccc(C)c1-n1cnc(NNc2ccccc2)nc1=O. The molecule has 0 atom stereocenters. The molecule has 3 rings (SSSR count). The zero-order valence-corrected chi connectivity index (χ0v) is 12.9. The first kappa shape index (κ1) is 14.8. The lowest BCUT2D eigenvalue weighted by molar-refractivity contribution is 0.851. The molecule has 3 aromatic rings. The van der Waals surface area contributed by atoms with Crippen LogP contribution in [0.15, 0.2) is 59.7 Å². The van der Waals surface area contributed by atoms with Crippen LogP contribution in [-0.2, 0) is 0 Å². The number of hydrogen-bond acceptors (Lipinski definition) is 5. The summed E-state index contributed by atoms with van der Waals surface area (Å²) in [7, 11) is 0. The van der Waals surface area contributed by atoms with Gasteiger partial charge in [-0.1, -0.05) is 36.4 Å². The van der Waals surface area contributed by atoms with Gasteiger partial charge < -0.3 is 0 Å². The lowest BCUT2D eigenvalue weighted by Crippen LogP contribution is -2.25. The van der Waals surface area contributed by atoms with Crippen LogP contribution in [0.25, 0.3) is 5.69 Å². The molecule has 23 heavy (non-hydrogen) atoms. The highest BCUT2D eigenvalue weighted by Gasteiger charge is 2.08. The molecule has 2 aromatic carbocycles. The van der Waals surface area contributed by atoms with E-state index < -0.39 is 0 Å². The molecular formula is C17H17N5O. The van der Waals surface area contributed by atoms with Gasteiger partial charge in [0.05, 0.1) is 11.4 Å². The third-order valence-electron chi connectivity index (χ3n) is 3.48. The molecule has 0 aliphatic rings. The van der Waals surface area contributed by atoms with Crippen molar-refractivity contribution in [3.8, 4) is 5.69 Å². The minimum atomic E-state index is -0.380. The molecule has 1 heterocycles. The normalized spacial score (nSPS) is 10.3. The number of hydrogen-bond donors (Lipinski definition) is 2. The largest absolute Gasteiger partial charge is 0.356 e. The third kappa shape index (κ3) is 3.21. The molecule has 0 unspecified atom stereocenters. The summed E-state index contributed by atoms with van der Waals surface area (Å²) in [5.41, 5.74) is 9.07. The fourth-order valence-electron chi connectivity index (χ4n) is 2.38. The topological polar surface area (TPSA) is 71.8 Å². The molecule has 0 aliphatic carbocycles. The predicted octanol–water partition coefficient (Wildman–Crippen LogP) is 2.68. The molecule has 6 nitrogen and oxygen atoms in total. The van der Waals surface area contributed by atoms with Gasteiger partial charge in [0.1, 0.15) is 6.33 Å². The first-order chi connectivity index (χ1) is 11.1. The minimum Gasteiger partial charge on any atom is -0.298 e. The average molecular weight is 307 g/mol. The third-order valence-corrected chi connectivity index (χ3v) is 3.48. The van der Waals surface area contributed by atoms with Gasteiger partial charge >= 0.3 is 5.69 Å². The standard InChI is InChI=1S/C17H17N5O/c1-12-7-6-8-13(2)15(12)22-11-18-16(19-17(22)23)21-20-14-9-4-3-5-10-14/h3-11,20H,1-2H3,(H,19,21,23). The van der Waals surface area contributed by atoms with Gasteiger partial charge in [0.25, 0.3) is 0 Å². The monoisotopic (exact) mass is 307 g/mol. The van der Waals surface area contributed by atoms with E-state index in [9.17, 15) is 4.79 Å². The van der Waals surface area contributed by atoms with Gasteiger partial charge in [-0.05, 0) is 37.1 Å². The zero-order chi connectivity index (χ0) is 16.2. The summed E-state index contributed by atoms with van der Waals surface area (Å²) in [5, 5.41) is 0. The highest BCUT2D eigenvalue weighted by atomic mass is 16.1. The number of benzene rings is 2. The number of aryl methyl sites for hydroxylation is 2. The van der Waals surface area contributed by atoms with Gasteiger partial charge in [0, 0.05) is 0 Å². The molecule has 0 saturated heterocycles. The summed E-state index contributed by atoms with van der Waals surface area (Å²) in [4.78, 5) is 20.5. The second-order valence-electron chi connectivity index (χ2n) is 5.19. The van der Waals surface area contributed by atoms with Crippen molar-refractivity contribution < 1.29 is 0 Å². The van der Waals surface area contributed by atoms with Crippen molar-refractivity contribution in [2.45, 2.75) is 13.8 Å². The fourth-order valence-corrected chi connectivity index (χ4v) is 2.38. The number of rotatable bonds is 4. The van der Waals surface area contributed by atoms with Crippen LogP contribution in [-0.4, -0.2) is 14.5 Å². The predicted molar refractivity (Wildman–Crippen MR) is 90.8 cm³/mol. The number of hydrazine groups is 1. The van der Waals surface area contributed by atoms with Gasteiger partial charge in [-0.15, -0.1) is 0 Å². The zero-order valence-electron chi connectivity index (χ0n) is 12.9. The molecule has 0 radical (unpaired) electrons. The van der Waals surface area contributed by atoms with Gasteiger partial charge in [0.15, 0.2) is 0 Å². The van der Waals surface area contributed by atoms with Crippen LogP contribution in [0.2, 0.25) is 0 Å². The Balaban J connectivity index is 1.85. The van der Waals surface area contributed by atoms with E-state index >= 15 is 0 Å². The van der Waals surface area contributed by atoms with Gasteiger partial charge in [-0.2, -0.15) is 4.98 Å². The Morgan fingerprint density at radius 1 is 0.913 bits per heavy atom. The maximum atomic E-state index is 12.3. The van der Waals surface area contributed by atoms with Crippen molar-refractivity contribution >= 4 is 11.6 Å². The van der Waals surface area contributed by atoms with Crippen LogP contribution in [0.1, 0.15) is 11.1 Å². The van der Waals surface area contributed by atoms with Crippen molar-refractivity contribution in [3.05, 3.63) is 76.5 Å². The van der Waals surface area contributed by atoms with E-state index in [2.05, 4.69) is 20.8 Å². The molecule has 116 valence electrons. The van der Waals surface area contributed by atoms with E-state index in [1.165, 1.54) is 10.9 Å². The number of para-hydroxylation sites is 2. The molecule has 0 amide bonds. The van der Waals surface area contributed by atoms with Gasteiger partial charge in [-0.25, -0.2) is 9.78 Å². The van der Waals surface area contributed by atoms with Gasteiger partial charge in [-0.3, -0.25) is 15.4 Å². The van der Waals surface area contributed by atoms with Crippen LogP contribution in [0, 0.1) is 13.8 Å². The molecule has 0 saturated carbocycles. The minimum absolute atomic E-state index is 0.223. The van der Waals surface area contributed by atoms with E-state index in [-0.39, 0.29) is 11.6 Å².